The smallest absolute Gasteiger partial charge is 0.0595 e. The molecule has 1 fully saturated rings. The Balaban J connectivity index is 1.79. The molecule has 1 aromatic rings. The van der Waals surface area contributed by atoms with Gasteiger partial charge in [-0.1, -0.05) is 23.2 Å². The van der Waals surface area contributed by atoms with E-state index in [9.17, 15) is 0 Å². The monoisotopic (exact) mass is 270 g/mol. The van der Waals surface area contributed by atoms with Crippen LogP contribution in [-0.4, -0.2) is 17.0 Å². The summed E-state index contributed by atoms with van der Waals surface area (Å²) < 4.78 is 0. The summed E-state index contributed by atoms with van der Waals surface area (Å²) in [5.74, 6) is 0. The maximum absolute atomic E-state index is 6.05. The zero-order chi connectivity index (χ0) is 12.0. The molecule has 0 spiro atoms. The molecule has 92 valence electrons. The molecule has 1 aliphatic heterocycles. The van der Waals surface area contributed by atoms with E-state index < -0.39 is 0 Å². The van der Waals surface area contributed by atoms with E-state index in [0.717, 1.165) is 25.9 Å². The third kappa shape index (κ3) is 2.19. The number of nitrogens with two attached hydrogens (primary N) is 1. The molecular formula is C13H16Cl2N2. The Morgan fingerprint density at radius 1 is 1.06 bits per heavy atom. The molecule has 2 atom stereocenters. The number of rotatable bonds is 1. The first kappa shape index (κ1) is 11.8. The van der Waals surface area contributed by atoms with Crippen LogP contribution in [-0.2, 0) is 13.1 Å². The lowest BCUT2D eigenvalue weighted by atomic mass is 10.1. The second-order valence-corrected chi connectivity index (χ2v) is 5.98. The van der Waals surface area contributed by atoms with Gasteiger partial charge < -0.3 is 5.73 Å². The van der Waals surface area contributed by atoms with Crippen molar-refractivity contribution in [2.24, 2.45) is 5.73 Å². The van der Waals surface area contributed by atoms with E-state index in [4.69, 9.17) is 28.9 Å². The number of fused-ring (bicyclic) bond motifs is 1. The molecule has 0 aromatic heterocycles. The van der Waals surface area contributed by atoms with Gasteiger partial charge >= 0.3 is 0 Å². The van der Waals surface area contributed by atoms with Gasteiger partial charge in [0.15, 0.2) is 0 Å². The summed E-state index contributed by atoms with van der Waals surface area (Å²) in [5, 5.41) is 1.32. The Kier molecular flexibility index (Phi) is 3.07. The molecule has 0 saturated heterocycles. The SMILES string of the molecule is NC1CCC(N2Cc3cc(Cl)c(Cl)cc3C2)C1. The fraction of sp³-hybridized carbons (Fsp3) is 0.538. The normalized spacial score (nSPS) is 28.6. The topological polar surface area (TPSA) is 29.3 Å². The molecule has 0 radical (unpaired) electrons. The van der Waals surface area contributed by atoms with Gasteiger partial charge in [0.25, 0.3) is 0 Å². The first-order valence-corrected chi connectivity index (χ1v) is 6.85. The highest BCUT2D eigenvalue weighted by Gasteiger charge is 2.31. The molecule has 3 rings (SSSR count). The van der Waals surface area contributed by atoms with Gasteiger partial charge in [-0.15, -0.1) is 0 Å². The number of nitrogens with zero attached hydrogens (tertiary/aromatic N) is 1. The summed E-state index contributed by atoms with van der Waals surface area (Å²) in [4.78, 5) is 2.50. The molecule has 2 N–H and O–H groups in total. The zero-order valence-electron chi connectivity index (χ0n) is 9.63. The lowest BCUT2D eigenvalue weighted by molar-refractivity contribution is 0.200. The van der Waals surface area contributed by atoms with Crippen LogP contribution >= 0.6 is 23.2 Å². The summed E-state index contributed by atoms with van der Waals surface area (Å²) in [6, 6.07) is 5.04. The molecule has 17 heavy (non-hydrogen) atoms. The quantitative estimate of drug-likeness (QED) is 0.850. The second kappa shape index (κ2) is 4.43. The van der Waals surface area contributed by atoms with Gasteiger partial charge in [-0.3, -0.25) is 4.90 Å². The number of benzene rings is 1. The molecule has 1 aliphatic carbocycles. The van der Waals surface area contributed by atoms with Gasteiger partial charge in [-0.25, -0.2) is 0 Å². The second-order valence-electron chi connectivity index (χ2n) is 5.17. The van der Waals surface area contributed by atoms with E-state index in [0.29, 0.717) is 22.1 Å². The Hall–Kier alpha value is -0.280. The fourth-order valence-corrected chi connectivity index (χ4v) is 3.37. The average molecular weight is 271 g/mol. The van der Waals surface area contributed by atoms with Gasteiger partial charge in [-0.05, 0) is 42.5 Å². The van der Waals surface area contributed by atoms with Crippen LogP contribution in [0.4, 0.5) is 0 Å². The Labute approximate surface area is 112 Å². The molecule has 1 saturated carbocycles. The molecule has 1 aromatic carbocycles. The zero-order valence-corrected chi connectivity index (χ0v) is 11.1. The maximum Gasteiger partial charge on any atom is 0.0595 e. The molecule has 2 aliphatic rings. The predicted octanol–water partition coefficient (Wildman–Crippen LogP) is 3.19. The summed E-state index contributed by atoms with van der Waals surface area (Å²) in [7, 11) is 0. The average Bonchev–Trinajstić information content (AvgIpc) is 2.85. The summed E-state index contributed by atoms with van der Waals surface area (Å²) in [5.41, 5.74) is 8.62. The van der Waals surface area contributed by atoms with Gasteiger partial charge in [0.05, 0.1) is 10.0 Å². The van der Waals surface area contributed by atoms with Crippen LogP contribution < -0.4 is 5.73 Å². The maximum atomic E-state index is 6.05. The minimum Gasteiger partial charge on any atom is -0.328 e. The predicted molar refractivity (Wildman–Crippen MR) is 71.3 cm³/mol. The summed E-state index contributed by atoms with van der Waals surface area (Å²) in [6.45, 7) is 1.98. The number of halogens is 2. The lowest BCUT2D eigenvalue weighted by Crippen LogP contribution is -2.29. The van der Waals surface area contributed by atoms with Crippen molar-refractivity contribution >= 4 is 23.2 Å². The van der Waals surface area contributed by atoms with E-state index in [-0.39, 0.29) is 0 Å². The summed E-state index contributed by atoms with van der Waals surface area (Å²) >= 11 is 12.1. The van der Waals surface area contributed by atoms with Crippen molar-refractivity contribution in [3.63, 3.8) is 0 Å². The van der Waals surface area contributed by atoms with Crippen LogP contribution in [0.5, 0.6) is 0 Å². The van der Waals surface area contributed by atoms with Crippen molar-refractivity contribution in [3.8, 4) is 0 Å². The van der Waals surface area contributed by atoms with Crippen molar-refractivity contribution in [2.45, 2.75) is 44.4 Å². The fourth-order valence-electron chi connectivity index (χ4n) is 3.00. The van der Waals surface area contributed by atoms with E-state index in [1.54, 1.807) is 0 Å². The standard InChI is InChI=1S/C13H16Cl2N2/c14-12-3-8-6-17(7-9(8)4-13(12)15)11-2-1-10(16)5-11/h3-4,10-11H,1-2,5-7,16H2. The first-order valence-electron chi connectivity index (χ1n) is 6.10. The minimum absolute atomic E-state index is 0.385. The lowest BCUT2D eigenvalue weighted by Gasteiger charge is -2.22. The Morgan fingerprint density at radius 3 is 2.12 bits per heavy atom. The van der Waals surface area contributed by atoms with Crippen LogP contribution in [0.15, 0.2) is 12.1 Å². The van der Waals surface area contributed by atoms with Gasteiger partial charge in [0.1, 0.15) is 0 Å². The Bertz CT molecular complexity index is 416. The first-order chi connectivity index (χ1) is 8.13. The van der Waals surface area contributed by atoms with E-state index in [2.05, 4.69) is 4.90 Å². The molecule has 2 unspecified atom stereocenters. The van der Waals surface area contributed by atoms with E-state index in [1.165, 1.54) is 17.5 Å². The van der Waals surface area contributed by atoms with Crippen molar-refractivity contribution in [1.29, 1.82) is 0 Å². The highest BCUT2D eigenvalue weighted by molar-refractivity contribution is 6.42. The minimum atomic E-state index is 0.385. The third-order valence-corrected chi connectivity index (χ3v) is 4.67. The molecular weight excluding hydrogens is 255 g/mol. The van der Waals surface area contributed by atoms with Crippen molar-refractivity contribution in [1.82, 2.24) is 4.90 Å². The molecule has 1 heterocycles. The Morgan fingerprint density at radius 2 is 1.65 bits per heavy atom. The van der Waals surface area contributed by atoms with Crippen molar-refractivity contribution < 1.29 is 0 Å². The van der Waals surface area contributed by atoms with Crippen LogP contribution in [0, 0.1) is 0 Å². The van der Waals surface area contributed by atoms with Gasteiger partial charge in [-0.2, -0.15) is 0 Å². The van der Waals surface area contributed by atoms with Crippen LogP contribution in [0.25, 0.3) is 0 Å². The highest BCUT2D eigenvalue weighted by Crippen LogP contribution is 2.35. The molecule has 2 nitrogen and oxygen atoms in total. The van der Waals surface area contributed by atoms with Crippen molar-refractivity contribution in [3.05, 3.63) is 33.3 Å². The van der Waals surface area contributed by atoms with Crippen LogP contribution in [0.1, 0.15) is 30.4 Å². The van der Waals surface area contributed by atoms with E-state index >= 15 is 0 Å². The summed E-state index contributed by atoms with van der Waals surface area (Å²) in [6.07, 6.45) is 3.49. The van der Waals surface area contributed by atoms with Crippen molar-refractivity contribution in [2.75, 3.05) is 0 Å². The number of hydrogen-bond acceptors (Lipinski definition) is 2. The number of hydrogen-bond donors (Lipinski definition) is 1. The molecule has 4 heteroatoms. The third-order valence-electron chi connectivity index (χ3n) is 3.95. The molecule has 0 bridgehead atoms. The largest absolute Gasteiger partial charge is 0.328 e. The van der Waals surface area contributed by atoms with E-state index in [1.807, 2.05) is 12.1 Å². The molecule has 0 amide bonds. The van der Waals surface area contributed by atoms with Gasteiger partial charge in [0.2, 0.25) is 0 Å². The van der Waals surface area contributed by atoms with Gasteiger partial charge in [0, 0.05) is 25.2 Å². The van der Waals surface area contributed by atoms with Crippen LogP contribution in [0.2, 0.25) is 10.0 Å². The van der Waals surface area contributed by atoms with Crippen LogP contribution in [0.3, 0.4) is 0 Å². The highest BCUT2D eigenvalue weighted by atomic mass is 35.5.